The maximum atomic E-state index is 12.0. The molecule has 1 unspecified atom stereocenters. The van der Waals surface area contributed by atoms with Gasteiger partial charge in [0.15, 0.2) is 22.8 Å². The summed E-state index contributed by atoms with van der Waals surface area (Å²) in [4.78, 5) is 33.2. The van der Waals surface area contributed by atoms with E-state index < -0.39 is 0 Å². The van der Waals surface area contributed by atoms with Crippen molar-refractivity contribution in [2.75, 3.05) is 18.4 Å². The maximum absolute atomic E-state index is 12.0. The van der Waals surface area contributed by atoms with E-state index in [9.17, 15) is 4.79 Å². The molecule has 3 aromatic rings. The van der Waals surface area contributed by atoms with Crippen LogP contribution in [-0.4, -0.2) is 54.4 Å². The molecule has 0 spiro atoms. The van der Waals surface area contributed by atoms with E-state index in [1.54, 1.807) is 17.7 Å². The van der Waals surface area contributed by atoms with Gasteiger partial charge in [-0.1, -0.05) is 27.7 Å². The Bertz CT molecular complexity index is 1050. The van der Waals surface area contributed by atoms with E-state index in [0.717, 1.165) is 39.8 Å². The molecule has 8 nitrogen and oxygen atoms in total. The van der Waals surface area contributed by atoms with Crippen LogP contribution < -0.4 is 5.32 Å². The molecule has 9 heteroatoms. The van der Waals surface area contributed by atoms with Crippen LogP contribution in [0.1, 0.15) is 45.5 Å². The Kier molecular flexibility index (Phi) is 5.02. The van der Waals surface area contributed by atoms with Crippen LogP contribution in [0.2, 0.25) is 0 Å². The number of nitrogens with zero attached hydrogens (tertiary/aromatic N) is 6. The maximum Gasteiger partial charge on any atom is 0.222 e. The summed E-state index contributed by atoms with van der Waals surface area (Å²) in [6.07, 6.45) is 4.89. The molecule has 4 rings (SSSR count). The first-order valence-corrected chi connectivity index (χ1v) is 10.8. The number of amides is 1. The largest absolute Gasteiger partial charge is 0.364 e. The zero-order chi connectivity index (χ0) is 20.8. The summed E-state index contributed by atoms with van der Waals surface area (Å²) >= 11 is 1.66. The summed E-state index contributed by atoms with van der Waals surface area (Å²) < 4.78 is 1.99. The van der Waals surface area contributed by atoms with Crippen molar-refractivity contribution in [3.8, 4) is 10.7 Å². The van der Waals surface area contributed by atoms with Crippen molar-refractivity contribution in [2.45, 2.75) is 52.0 Å². The summed E-state index contributed by atoms with van der Waals surface area (Å²) in [5.74, 6) is 1.75. The zero-order valence-electron chi connectivity index (χ0n) is 17.6. The third-order valence-electron chi connectivity index (χ3n) is 5.21. The lowest BCUT2D eigenvalue weighted by molar-refractivity contribution is -0.129. The molecule has 154 valence electrons. The van der Waals surface area contributed by atoms with Crippen molar-refractivity contribution in [3.05, 3.63) is 17.5 Å². The van der Waals surface area contributed by atoms with Gasteiger partial charge in [-0.25, -0.2) is 19.9 Å². The van der Waals surface area contributed by atoms with Gasteiger partial charge >= 0.3 is 0 Å². The Morgan fingerprint density at radius 1 is 1.31 bits per heavy atom. The number of carbonyl (C=O) groups excluding carboxylic acids is 1. The van der Waals surface area contributed by atoms with Gasteiger partial charge in [0.1, 0.15) is 6.33 Å². The number of imidazole rings is 1. The fourth-order valence-electron chi connectivity index (χ4n) is 3.57. The Labute approximate surface area is 174 Å². The van der Waals surface area contributed by atoms with Crippen LogP contribution in [0, 0.1) is 0 Å². The lowest BCUT2D eigenvalue weighted by Gasteiger charge is -2.16. The van der Waals surface area contributed by atoms with Gasteiger partial charge in [-0.3, -0.25) is 4.79 Å². The molecular formula is C20H27N7OS. The van der Waals surface area contributed by atoms with Crippen molar-refractivity contribution >= 4 is 34.2 Å². The number of hydrogen-bond donors (Lipinski definition) is 1. The minimum atomic E-state index is 0.00426. The van der Waals surface area contributed by atoms with Crippen molar-refractivity contribution in [1.82, 2.24) is 29.4 Å². The van der Waals surface area contributed by atoms with Gasteiger partial charge in [0, 0.05) is 44.2 Å². The number of hydrogen-bond acceptors (Lipinski definition) is 7. The van der Waals surface area contributed by atoms with Crippen LogP contribution in [0.5, 0.6) is 0 Å². The number of aryl methyl sites for hydroxylation is 1. The zero-order valence-corrected chi connectivity index (χ0v) is 18.4. The van der Waals surface area contributed by atoms with Crippen LogP contribution in [-0.2, 0) is 17.3 Å². The van der Waals surface area contributed by atoms with E-state index in [4.69, 9.17) is 4.98 Å². The van der Waals surface area contributed by atoms with Gasteiger partial charge in [-0.2, -0.15) is 0 Å². The van der Waals surface area contributed by atoms with Gasteiger partial charge < -0.3 is 14.8 Å². The summed E-state index contributed by atoms with van der Waals surface area (Å²) in [6.45, 7) is 9.85. The third kappa shape index (κ3) is 3.71. The Morgan fingerprint density at radius 3 is 2.79 bits per heavy atom. The van der Waals surface area contributed by atoms with E-state index in [0.29, 0.717) is 18.8 Å². The average molecular weight is 414 g/mol. The van der Waals surface area contributed by atoms with E-state index in [2.05, 4.69) is 41.0 Å². The van der Waals surface area contributed by atoms with Gasteiger partial charge in [0.05, 0.1) is 9.88 Å². The summed E-state index contributed by atoms with van der Waals surface area (Å²) in [5.41, 5.74) is 1.53. The van der Waals surface area contributed by atoms with E-state index in [1.165, 1.54) is 0 Å². The summed E-state index contributed by atoms with van der Waals surface area (Å²) in [6, 6.07) is 0.171. The molecule has 0 aliphatic carbocycles. The first-order chi connectivity index (χ1) is 13.8. The Morgan fingerprint density at radius 2 is 2.10 bits per heavy atom. The van der Waals surface area contributed by atoms with E-state index >= 15 is 0 Å². The second-order valence-corrected chi connectivity index (χ2v) is 9.52. The average Bonchev–Trinajstić information content (AvgIpc) is 3.40. The molecule has 1 fully saturated rings. The fraction of sp³-hybridized carbons (Fsp3) is 0.550. The van der Waals surface area contributed by atoms with Crippen LogP contribution >= 0.6 is 11.3 Å². The molecule has 0 radical (unpaired) electrons. The van der Waals surface area contributed by atoms with E-state index in [1.807, 2.05) is 29.6 Å². The molecule has 1 atom stereocenters. The first kappa shape index (κ1) is 19.8. The number of likely N-dealkylation sites (tertiary alicyclic amines) is 1. The van der Waals surface area contributed by atoms with Crippen LogP contribution in [0.15, 0.2) is 12.5 Å². The number of fused-ring (bicyclic) bond motifs is 1. The molecule has 1 aliphatic rings. The van der Waals surface area contributed by atoms with Crippen molar-refractivity contribution < 1.29 is 4.79 Å². The van der Waals surface area contributed by atoms with Gasteiger partial charge in [-0.05, 0) is 6.42 Å². The highest BCUT2D eigenvalue weighted by Gasteiger charge is 2.27. The van der Waals surface area contributed by atoms with Gasteiger partial charge in [0.2, 0.25) is 5.91 Å². The molecule has 1 N–H and O–H groups in total. The second-order valence-electron chi connectivity index (χ2n) is 8.49. The molecule has 29 heavy (non-hydrogen) atoms. The fourth-order valence-corrected chi connectivity index (χ4v) is 4.57. The minimum absolute atomic E-state index is 0.00426. The highest BCUT2D eigenvalue weighted by atomic mass is 32.1. The molecule has 0 bridgehead atoms. The number of thiazole rings is 1. The highest BCUT2D eigenvalue weighted by Crippen LogP contribution is 2.34. The predicted molar refractivity (Wildman–Crippen MR) is 115 cm³/mol. The summed E-state index contributed by atoms with van der Waals surface area (Å²) in [7, 11) is 1.97. The van der Waals surface area contributed by atoms with Crippen LogP contribution in [0.25, 0.3) is 21.9 Å². The topological polar surface area (TPSA) is 88.8 Å². The molecule has 1 amide bonds. The molecule has 1 saturated heterocycles. The Balaban J connectivity index is 1.63. The molecule has 3 aromatic heterocycles. The van der Waals surface area contributed by atoms with Crippen molar-refractivity contribution in [1.29, 1.82) is 0 Å². The number of anilines is 1. The van der Waals surface area contributed by atoms with E-state index in [-0.39, 0.29) is 17.4 Å². The van der Waals surface area contributed by atoms with Crippen molar-refractivity contribution in [2.24, 2.45) is 7.05 Å². The first-order valence-electron chi connectivity index (χ1n) is 9.96. The lowest BCUT2D eigenvalue weighted by atomic mass is 9.98. The quantitative estimate of drug-likeness (QED) is 0.706. The molecule has 4 heterocycles. The highest BCUT2D eigenvalue weighted by molar-refractivity contribution is 7.15. The van der Waals surface area contributed by atoms with Crippen molar-refractivity contribution in [3.63, 3.8) is 0 Å². The predicted octanol–water partition coefficient (Wildman–Crippen LogP) is 3.21. The van der Waals surface area contributed by atoms with Gasteiger partial charge in [0.25, 0.3) is 0 Å². The van der Waals surface area contributed by atoms with Crippen LogP contribution in [0.4, 0.5) is 5.82 Å². The number of carbonyl (C=O) groups is 1. The second kappa shape index (κ2) is 7.37. The monoisotopic (exact) mass is 413 g/mol. The molecule has 1 aliphatic heterocycles. The number of nitrogens with one attached hydrogen (secondary N) is 1. The van der Waals surface area contributed by atoms with Gasteiger partial charge in [-0.15, -0.1) is 11.3 Å². The third-order valence-corrected chi connectivity index (χ3v) is 6.63. The normalized spacial score (nSPS) is 17.3. The smallest absolute Gasteiger partial charge is 0.222 e. The molecular weight excluding hydrogens is 386 g/mol. The molecule has 0 aromatic carbocycles. The Hall–Kier alpha value is -2.55. The standard InChI is InChI=1S/C20H27N7OS/c1-6-14(28)27-8-7-12(10-27)24-16-15-18(23-11-22-16)26(5)17(25-15)13-9-21-19(29-13)20(2,3)4/h9,11-12H,6-8,10H2,1-5H3,(H,22,23,24). The summed E-state index contributed by atoms with van der Waals surface area (Å²) in [5, 5.41) is 4.56. The number of aromatic nitrogens is 5. The lowest BCUT2D eigenvalue weighted by Crippen LogP contribution is -2.31. The molecule has 0 saturated carbocycles. The minimum Gasteiger partial charge on any atom is -0.364 e. The SMILES string of the molecule is CCC(=O)N1CCC(Nc2ncnc3c2nc(-c2cnc(C(C)(C)C)s2)n3C)C1. The van der Waals surface area contributed by atoms with Crippen LogP contribution in [0.3, 0.4) is 0 Å². The number of rotatable bonds is 4.